The third kappa shape index (κ3) is 3.39. The van der Waals surface area contributed by atoms with Crippen molar-refractivity contribution in [1.82, 2.24) is 10.3 Å². The minimum absolute atomic E-state index is 0.00190. The average Bonchev–Trinajstić information content (AvgIpc) is 2.29. The van der Waals surface area contributed by atoms with Crippen molar-refractivity contribution < 1.29 is 9.72 Å². The molecular weight excluding hydrogens is 238 g/mol. The maximum Gasteiger partial charge on any atom is 0.288 e. The summed E-state index contributed by atoms with van der Waals surface area (Å²) < 4.78 is 0. The number of carbonyl (C=O) groups excluding carboxylic acids is 1. The number of hydrogen-bond donors (Lipinski definition) is 3. The van der Waals surface area contributed by atoms with Gasteiger partial charge in [0.2, 0.25) is 0 Å². The van der Waals surface area contributed by atoms with Crippen molar-refractivity contribution in [1.29, 1.82) is 0 Å². The van der Waals surface area contributed by atoms with E-state index < -0.39 is 10.8 Å². The van der Waals surface area contributed by atoms with E-state index in [1.165, 1.54) is 0 Å². The topological polar surface area (TPSA) is 123 Å². The average molecular weight is 253 g/mol. The summed E-state index contributed by atoms with van der Waals surface area (Å²) >= 11 is 0. The van der Waals surface area contributed by atoms with Crippen molar-refractivity contribution in [2.75, 3.05) is 18.9 Å². The predicted octanol–water partition coefficient (Wildman–Crippen LogP) is 0.108. The van der Waals surface area contributed by atoms with Gasteiger partial charge in [0.25, 0.3) is 11.6 Å². The highest BCUT2D eigenvalue weighted by Gasteiger charge is 2.17. The maximum absolute atomic E-state index is 11.2. The smallest absolute Gasteiger partial charge is 0.288 e. The Morgan fingerprint density at radius 1 is 1.67 bits per heavy atom. The van der Waals surface area contributed by atoms with Gasteiger partial charge in [-0.3, -0.25) is 14.9 Å². The fourth-order valence-electron chi connectivity index (χ4n) is 1.45. The summed E-state index contributed by atoms with van der Waals surface area (Å²) in [6.45, 7) is 2.53. The lowest BCUT2D eigenvalue weighted by molar-refractivity contribution is -0.385. The van der Waals surface area contributed by atoms with Crippen LogP contribution in [0.1, 0.15) is 17.3 Å². The number of nitrogens with one attached hydrogen (secondary N) is 2. The fraction of sp³-hybridized carbons (Fsp3) is 0.400. The van der Waals surface area contributed by atoms with Gasteiger partial charge < -0.3 is 16.4 Å². The van der Waals surface area contributed by atoms with Crippen molar-refractivity contribution in [2.45, 2.75) is 13.0 Å². The van der Waals surface area contributed by atoms with Gasteiger partial charge in [0, 0.05) is 18.7 Å². The van der Waals surface area contributed by atoms with Crippen molar-refractivity contribution in [2.24, 2.45) is 5.73 Å². The number of nitrogens with zero attached hydrogens (tertiary/aromatic N) is 2. The molecule has 0 radical (unpaired) electrons. The molecule has 1 atom stereocenters. The molecule has 1 aromatic rings. The Morgan fingerprint density at radius 3 is 2.83 bits per heavy atom. The summed E-state index contributed by atoms with van der Waals surface area (Å²) in [5, 5.41) is 16.5. The Hall–Kier alpha value is -2.22. The molecule has 18 heavy (non-hydrogen) atoms. The highest BCUT2D eigenvalue weighted by molar-refractivity contribution is 5.98. The molecule has 0 saturated carbocycles. The molecule has 1 heterocycles. The van der Waals surface area contributed by atoms with Crippen LogP contribution in [0.25, 0.3) is 0 Å². The Bertz CT molecular complexity index is 463. The van der Waals surface area contributed by atoms with Gasteiger partial charge in [-0.25, -0.2) is 4.98 Å². The minimum Gasteiger partial charge on any atom is -0.366 e. The van der Waals surface area contributed by atoms with E-state index in [2.05, 4.69) is 15.6 Å². The molecule has 8 nitrogen and oxygen atoms in total. The number of carbonyl (C=O) groups is 1. The van der Waals surface area contributed by atoms with E-state index in [0.717, 1.165) is 12.3 Å². The SMILES string of the molecule is CNCC(C)Nc1ncc([N+](=O)[O-])cc1C(N)=O. The number of nitro groups is 1. The van der Waals surface area contributed by atoms with Crippen molar-refractivity contribution in [3.05, 3.63) is 27.9 Å². The van der Waals surface area contributed by atoms with E-state index in [4.69, 9.17) is 5.73 Å². The summed E-state index contributed by atoms with van der Waals surface area (Å²) in [5.74, 6) is -0.513. The zero-order chi connectivity index (χ0) is 13.7. The second kappa shape index (κ2) is 5.92. The fourth-order valence-corrected chi connectivity index (χ4v) is 1.45. The number of anilines is 1. The molecule has 0 aliphatic heterocycles. The van der Waals surface area contributed by atoms with Crippen molar-refractivity contribution in [3.8, 4) is 0 Å². The van der Waals surface area contributed by atoms with Crippen LogP contribution < -0.4 is 16.4 Å². The number of pyridine rings is 1. The van der Waals surface area contributed by atoms with Crippen LogP contribution in [0.5, 0.6) is 0 Å². The number of rotatable bonds is 6. The van der Waals surface area contributed by atoms with Gasteiger partial charge in [-0.15, -0.1) is 0 Å². The Morgan fingerprint density at radius 2 is 2.33 bits per heavy atom. The molecule has 8 heteroatoms. The number of likely N-dealkylation sites (N-methyl/N-ethyl adjacent to an activating group) is 1. The van der Waals surface area contributed by atoms with Crippen LogP contribution in [-0.4, -0.2) is 35.4 Å². The lowest BCUT2D eigenvalue weighted by Gasteiger charge is -2.15. The Balaban J connectivity index is 3.04. The molecule has 98 valence electrons. The summed E-state index contributed by atoms with van der Waals surface area (Å²) in [5.41, 5.74) is 4.91. The summed E-state index contributed by atoms with van der Waals surface area (Å²) in [4.78, 5) is 25.1. The minimum atomic E-state index is -0.759. The van der Waals surface area contributed by atoms with Crippen LogP contribution >= 0.6 is 0 Å². The van der Waals surface area contributed by atoms with Gasteiger partial charge in [0.05, 0.1) is 10.5 Å². The summed E-state index contributed by atoms with van der Waals surface area (Å²) in [6.07, 6.45) is 1.08. The Kier molecular flexibility index (Phi) is 4.55. The quantitative estimate of drug-likeness (QED) is 0.488. The highest BCUT2D eigenvalue weighted by Crippen LogP contribution is 2.19. The second-order valence-electron chi connectivity index (χ2n) is 3.81. The molecule has 4 N–H and O–H groups in total. The first-order valence-corrected chi connectivity index (χ1v) is 5.31. The summed E-state index contributed by atoms with van der Waals surface area (Å²) in [6, 6.07) is 1.12. The second-order valence-corrected chi connectivity index (χ2v) is 3.81. The van der Waals surface area contributed by atoms with Gasteiger partial charge >= 0.3 is 0 Å². The summed E-state index contributed by atoms with van der Waals surface area (Å²) in [7, 11) is 1.79. The van der Waals surface area contributed by atoms with E-state index >= 15 is 0 Å². The molecule has 1 rings (SSSR count). The van der Waals surface area contributed by atoms with E-state index in [1.807, 2.05) is 6.92 Å². The molecule has 0 bridgehead atoms. The molecule has 0 aliphatic rings. The number of aromatic nitrogens is 1. The van der Waals surface area contributed by atoms with Crippen molar-refractivity contribution in [3.63, 3.8) is 0 Å². The van der Waals surface area contributed by atoms with E-state index in [1.54, 1.807) is 7.05 Å². The first kappa shape index (κ1) is 13.8. The van der Waals surface area contributed by atoms with Gasteiger partial charge in [-0.05, 0) is 14.0 Å². The third-order valence-electron chi connectivity index (χ3n) is 2.24. The first-order chi connectivity index (χ1) is 8.45. The highest BCUT2D eigenvalue weighted by atomic mass is 16.6. The monoisotopic (exact) mass is 253 g/mol. The number of hydrogen-bond acceptors (Lipinski definition) is 6. The zero-order valence-electron chi connectivity index (χ0n) is 10.1. The molecule has 0 aromatic carbocycles. The van der Waals surface area contributed by atoms with Crippen LogP contribution in [0.15, 0.2) is 12.3 Å². The van der Waals surface area contributed by atoms with Crippen LogP contribution in [0.4, 0.5) is 11.5 Å². The maximum atomic E-state index is 11.2. The lowest BCUT2D eigenvalue weighted by atomic mass is 10.2. The largest absolute Gasteiger partial charge is 0.366 e. The number of amides is 1. The molecule has 1 unspecified atom stereocenters. The molecule has 0 fully saturated rings. The molecule has 0 saturated heterocycles. The molecular formula is C10H15N5O3. The van der Waals surface area contributed by atoms with Crippen LogP contribution in [0, 0.1) is 10.1 Å². The van der Waals surface area contributed by atoms with Gasteiger partial charge in [-0.2, -0.15) is 0 Å². The van der Waals surface area contributed by atoms with Crippen molar-refractivity contribution >= 4 is 17.4 Å². The number of nitrogens with two attached hydrogens (primary N) is 1. The van der Waals surface area contributed by atoms with Gasteiger partial charge in [-0.1, -0.05) is 0 Å². The Labute approximate surface area is 104 Å². The molecule has 1 aromatic heterocycles. The van der Waals surface area contributed by atoms with Crippen LogP contribution in [-0.2, 0) is 0 Å². The predicted molar refractivity (Wildman–Crippen MR) is 66.4 cm³/mol. The molecule has 0 spiro atoms. The number of primary amides is 1. The van der Waals surface area contributed by atoms with E-state index in [9.17, 15) is 14.9 Å². The zero-order valence-corrected chi connectivity index (χ0v) is 10.1. The van der Waals surface area contributed by atoms with Crippen LogP contribution in [0.3, 0.4) is 0 Å². The lowest BCUT2D eigenvalue weighted by Crippen LogP contribution is -2.29. The van der Waals surface area contributed by atoms with E-state index in [-0.39, 0.29) is 23.1 Å². The van der Waals surface area contributed by atoms with Crippen LogP contribution in [0.2, 0.25) is 0 Å². The first-order valence-electron chi connectivity index (χ1n) is 5.31. The van der Waals surface area contributed by atoms with Gasteiger partial charge in [0.1, 0.15) is 12.0 Å². The van der Waals surface area contributed by atoms with E-state index in [0.29, 0.717) is 6.54 Å². The molecule has 1 amide bonds. The standard InChI is InChI=1S/C10H15N5O3/c1-6(4-12-2)14-10-8(9(11)16)3-7(5-13-10)15(17)18/h3,5-6,12H,4H2,1-2H3,(H2,11,16)(H,13,14). The normalized spacial score (nSPS) is 11.9. The van der Waals surface area contributed by atoms with Gasteiger partial charge in [0.15, 0.2) is 0 Å². The molecule has 0 aliphatic carbocycles. The third-order valence-corrected chi connectivity index (χ3v) is 2.24.